The molecule has 2 N–H and O–H groups in total. The quantitative estimate of drug-likeness (QED) is 0.468. The molecule has 4 heterocycles. The number of aliphatic hydroxyl groups excluding tert-OH is 1. The van der Waals surface area contributed by atoms with E-state index in [0.717, 1.165) is 61.2 Å². The van der Waals surface area contributed by atoms with Gasteiger partial charge in [-0.25, -0.2) is 14.5 Å². The molecule has 0 unspecified atom stereocenters. The van der Waals surface area contributed by atoms with E-state index in [0.29, 0.717) is 25.1 Å². The minimum atomic E-state index is -0.202. The Morgan fingerprint density at radius 1 is 1.18 bits per heavy atom. The number of morpholine rings is 1. The van der Waals surface area contributed by atoms with Crippen LogP contribution in [-0.2, 0) is 9.47 Å². The van der Waals surface area contributed by atoms with Crippen LogP contribution < -0.4 is 10.2 Å². The lowest BCUT2D eigenvalue weighted by Gasteiger charge is -2.40. The first-order chi connectivity index (χ1) is 18.2. The summed E-state index contributed by atoms with van der Waals surface area (Å²) in [5, 5.41) is 18.4. The maximum absolute atomic E-state index is 10.1. The van der Waals surface area contributed by atoms with E-state index in [2.05, 4.69) is 65.6 Å². The molecule has 0 spiro atoms. The molecular formula is C29H42N6O3. The Hall–Kier alpha value is -2.75. The highest BCUT2D eigenvalue weighted by molar-refractivity contribution is 5.82. The zero-order valence-corrected chi connectivity index (χ0v) is 23.4. The summed E-state index contributed by atoms with van der Waals surface area (Å²) in [5.74, 6) is 1.89. The molecule has 3 aromatic rings. The molecule has 2 fully saturated rings. The van der Waals surface area contributed by atoms with Crippen LogP contribution in [-0.4, -0.2) is 76.4 Å². The van der Waals surface area contributed by atoms with E-state index in [9.17, 15) is 5.11 Å². The third-order valence-electron chi connectivity index (χ3n) is 7.86. The van der Waals surface area contributed by atoms with E-state index in [1.165, 1.54) is 5.69 Å². The molecule has 9 nitrogen and oxygen atoms in total. The third-order valence-corrected chi connectivity index (χ3v) is 7.86. The molecule has 1 saturated heterocycles. The van der Waals surface area contributed by atoms with Gasteiger partial charge in [0.2, 0.25) is 5.95 Å². The summed E-state index contributed by atoms with van der Waals surface area (Å²) in [6.07, 6.45) is 7.30. The van der Waals surface area contributed by atoms with Gasteiger partial charge in [0, 0.05) is 49.6 Å². The number of hydrogen-bond acceptors (Lipinski definition) is 8. The van der Waals surface area contributed by atoms with Crippen LogP contribution >= 0.6 is 0 Å². The van der Waals surface area contributed by atoms with Crippen molar-refractivity contribution in [1.82, 2.24) is 19.6 Å². The highest BCUT2D eigenvalue weighted by atomic mass is 16.5. The summed E-state index contributed by atoms with van der Waals surface area (Å²) < 4.78 is 13.4. The van der Waals surface area contributed by atoms with Gasteiger partial charge in [0.15, 0.2) is 0 Å². The van der Waals surface area contributed by atoms with Crippen LogP contribution in [0.15, 0.2) is 30.6 Å². The number of hydrogen-bond donors (Lipinski definition) is 2. The van der Waals surface area contributed by atoms with Gasteiger partial charge in [-0.15, -0.1) is 5.10 Å². The number of fused-ring (bicyclic) bond motifs is 1. The number of nitrogens with one attached hydrogen (secondary N) is 1. The van der Waals surface area contributed by atoms with E-state index in [-0.39, 0.29) is 23.7 Å². The van der Waals surface area contributed by atoms with Crippen molar-refractivity contribution >= 4 is 17.3 Å². The van der Waals surface area contributed by atoms with Crippen molar-refractivity contribution in [2.45, 2.75) is 77.5 Å². The maximum Gasteiger partial charge on any atom is 0.241 e. The smallest absolute Gasteiger partial charge is 0.241 e. The molecule has 9 heteroatoms. The average molecular weight is 523 g/mol. The first-order valence-electron chi connectivity index (χ1n) is 13.9. The van der Waals surface area contributed by atoms with Crippen LogP contribution in [0.2, 0.25) is 0 Å². The topological polar surface area (TPSA) is 97.0 Å². The summed E-state index contributed by atoms with van der Waals surface area (Å²) in [5.41, 5.74) is 4.42. The van der Waals surface area contributed by atoms with Crippen LogP contribution in [0.1, 0.15) is 65.0 Å². The Morgan fingerprint density at radius 2 is 1.97 bits per heavy atom. The van der Waals surface area contributed by atoms with Crippen LogP contribution in [0, 0.1) is 5.41 Å². The summed E-state index contributed by atoms with van der Waals surface area (Å²) >= 11 is 0. The Morgan fingerprint density at radius 3 is 2.71 bits per heavy atom. The second-order valence-corrected chi connectivity index (χ2v) is 11.9. The zero-order valence-electron chi connectivity index (χ0n) is 23.4. The van der Waals surface area contributed by atoms with Gasteiger partial charge in [-0.3, -0.25) is 0 Å². The second-order valence-electron chi connectivity index (χ2n) is 11.9. The van der Waals surface area contributed by atoms with Gasteiger partial charge in [-0.05, 0) is 61.8 Å². The van der Waals surface area contributed by atoms with Crippen molar-refractivity contribution in [2.24, 2.45) is 5.41 Å². The Balaban J connectivity index is 1.51. The number of anilines is 2. The number of rotatable bonds is 7. The first-order valence-corrected chi connectivity index (χ1v) is 13.9. The van der Waals surface area contributed by atoms with Crippen molar-refractivity contribution in [2.75, 3.05) is 43.6 Å². The van der Waals surface area contributed by atoms with E-state index < -0.39 is 0 Å². The fourth-order valence-electron chi connectivity index (χ4n) is 5.63. The molecule has 38 heavy (non-hydrogen) atoms. The zero-order chi connectivity index (χ0) is 26.9. The predicted molar refractivity (Wildman–Crippen MR) is 150 cm³/mol. The average Bonchev–Trinajstić information content (AvgIpc) is 3.28. The maximum atomic E-state index is 10.1. The number of aromatic nitrogens is 4. The van der Waals surface area contributed by atoms with Crippen LogP contribution in [0.25, 0.3) is 16.6 Å². The number of nitrogens with zero attached hydrogens (tertiary/aromatic N) is 5. The van der Waals surface area contributed by atoms with Crippen molar-refractivity contribution in [3.05, 3.63) is 36.3 Å². The monoisotopic (exact) mass is 522 g/mol. The fourth-order valence-corrected chi connectivity index (χ4v) is 5.63. The van der Waals surface area contributed by atoms with Gasteiger partial charge in [0.1, 0.15) is 5.82 Å². The van der Waals surface area contributed by atoms with Gasteiger partial charge in [-0.1, -0.05) is 20.8 Å². The first kappa shape index (κ1) is 26.8. The van der Waals surface area contributed by atoms with E-state index in [1.54, 1.807) is 7.11 Å². The highest BCUT2D eigenvalue weighted by Gasteiger charge is 2.31. The normalized spacial score (nSPS) is 23.5. The molecular weight excluding hydrogens is 480 g/mol. The van der Waals surface area contributed by atoms with Crippen LogP contribution in [0.3, 0.4) is 0 Å². The Bertz CT molecular complexity index is 1230. The molecule has 1 aliphatic heterocycles. The van der Waals surface area contributed by atoms with Crippen molar-refractivity contribution in [1.29, 1.82) is 0 Å². The molecule has 2 atom stereocenters. The molecule has 0 bridgehead atoms. The molecule has 0 amide bonds. The lowest BCUT2D eigenvalue weighted by molar-refractivity contribution is -0.0267. The Labute approximate surface area is 225 Å². The van der Waals surface area contributed by atoms with E-state index >= 15 is 0 Å². The third kappa shape index (κ3) is 5.80. The largest absolute Gasteiger partial charge is 0.393 e. The molecule has 5 rings (SSSR count). The number of methoxy groups -OCH3 is 1. The van der Waals surface area contributed by atoms with E-state index in [4.69, 9.17) is 19.6 Å². The fraction of sp³-hybridized carbons (Fsp3) is 0.621. The molecule has 2 aliphatic rings. The van der Waals surface area contributed by atoms with E-state index in [1.807, 2.05) is 12.4 Å². The summed E-state index contributed by atoms with van der Waals surface area (Å²) in [6, 6.07) is 6.61. The van der Waals surface area contributed by atoms with Gasteiger partial charge < -0.3 is 24.8 Å². The molecule has 1 saturated carbocycles. The molecule has 0 radical (unpaired) electrons. The summed E-state index contributed by atoms with van der Waals surface area (Å²) in [6.45, 7) is 11.7. The predicted octanol–water partition coefficient (Wildman–Crippen LogP) is 4.51. The van der Waals surface area contributed by atoms with Gasteiger partial charge in [-0.2, -0.15) is 0 Å². The Kier molecular flexibility index (Phi) is 7.88. The standard InChI is InChI=1S/C29H42N6O3/c1-19(18-37-5)32-28-31-16-25-23(15-24(35(25)33-28)20-6-8-22(36)9-7-20)21-10-11-30-27(14-21)34-12-13-38-26(17-34)29(2,3)4/h10-11,14-16,19-20,22,26,36H,6-9,12-13,17-18H2,1-5H3,(H,32,33)/t19-,20?,22?,26+/m0/s1. The molecule has 206 valence electrons. The molecule has 1 aliphatic carbocycles. The van der Waals surface area contributed by atoms with Gasteiger partial charge in [0.05, 0.1) is 37.1 Å². The number of ether oxygens (including phenoxy) is 2. The lowest BCUT2D eigenvalue weighted by atomic mass is 9.85. The number of aliphatic hydroxyl groups is 1. The van der Waals surface area contributed by atoms with Crippen molar-refractivity contribution in [3.8, 4) is 11.1 Å². The minimum Gasteiger partial charge on any atom is -0.393 e. The molecule has 0 aromatic carbocycles. The van der Waals surface area contributed by atoms with Crippen LogP contribution in [0.5, 0.6) is 0 Å². The summed E-state index contributed by atoms with van der Waals surface area (Å²) in [7, 11) is 1.69. The summed E-state index contributed by atoms with van der Waals surface area (Å²) in [4.78, 5) is 11.7. The van der Waals surface area contributed by atoms with Gasteiger partial charge in [0.25, 0.3) is 0 Å². The van der Waals surface area contributed by atoms with Gasteiger partial charge >= 0.3 is 0 Å². The van der Waals surface area contributed by atoms with Crippen molar-refractivity contribution in [3.63, 3.8) is 0 Å². The second kappa shape index (κ2) is 11.2. The minimum absolute atomic E-state index is 0.0705. The van der Waals surface area contributed by atoms with Crippen molar-refractivity contribution < 1.29 is 14.6 Å². The highest BCUT2D eigenvalue weighted by Crippen LogP contribution is 2.38. The van der Waals surface area contributed by atoms with Crippen LogP contribution in [0.4, 0.5) is 11.8 Å². The SMILES string of the molecule is COC[C@H](C)Nc1ncc2c(-c3ccnc(N4CCO[C@@H](C(C)(C)C)C4)c3)cc(C3CCC(O)CC3)n2n1. The lowest BCUT2D eigenvalue weighted by Crippen LogP contribution is -2.48. The molecule has 3 aromatic heterocycles. The number of pyridine rings is 1.